The number of nitrogens with zero attached hydrogens (tertiary/aromatic N) is 1. The highest BCUT2D eigenvalue weighted by Crippen LogP contribution is 2.35. The molecule has 1 unspecified atom stereocenters. The summed E-state index contributed by atoms with van der Waals surface area (Å²) in [6.07, 6.45) is 3.87. The van der Waals surface area contributed by atoms with Gasteiger partial charge in [-0.3, -0.25) is 0 Å². The molecule has 0 bridgehead atoms. The van der Waals surface area contributed by atoms with Crippen molar-refractivity contribution < 1.29 is 9.53 Å². The molecule has 0 N–H and O–H groups in total. The maximum atomic E-state index is 12.6. The van der Waals surface area contributed by atoms with E-state index in [9.17, 15) is 4.79 Å². The zero-order valence-corrected chi connectivity index (χ0v) is 15.7. The lowest BCUT2D eigenvalue weighted by Gasteiger charge is -2.36. The number of benzene rings is 2. The molecule has 0 radical (unpaired) electrons. The second-order valence-electron chi connectivity index (χ2n) is 6.06. The maximum absolute atomic E-state index is 12.6. The summed E-state index contributed by atoms with van der Waals surface area (Å²) < 4.78 is 5.31. The van der Waals surface area contributed by atoms with Crippen molar-refractivity contribution >= 4 is 29.3 Å². The number of carbonyl (C=O) groups is 1. The predicted molar refractivity (Wildman–Crippen MR) is 109 cm³/mol. The minimum Gasteiger partial charge on any atom is -0.463 e. The molecule has 26 heavy (non-hydrogen) atoms. The van der Waals surface area contributed by atoms with Gasteiger partial charge in [-0.05, 0) is 30.2 Å². The molecule has 1 atom stereocenters. The lowest BCUT2D eigenvalue weighted by atomic mass is 9.91. The molecular formula is C22H21NO2S. The van der Waals surface area contributed by atoms with Crippen LogP contribution in [0.15, 0.2) is 77.9 Å². The van der Waals surface area contributed by atoms with Gasteiger partial charge in [0.05, 0.1) is 18.2 Å². The molecule has 3 rings (SSSR count). The fourth-order valence-corrected chi connectivity index (χ4v) is 3.32. The molecule has 1 aliphatic heterocycles. The molecule has 0 saturated carbocycles. The number of hydrogen-bond donors (Lipinski definition) is 0. The quantitative estimate of drug-likeness (QED) is 0.452. The molecule has 1 heterocycles. The highest BCUT2D eigenvalue weighted by molar-refractivity contribution is 7.80. The molecule has 0 aromatic heterocycles. The van der Waals surface area contributed by atoms with Crippen molar-refractivity contribution in [3.8, 4) is 0 Å². The SMILES string of the molecule is CCOC(=O)C1=C/C(=C\c2ccccc2)C(=S)N(C)C1c1ccccc1. The standard InChI is InChI=1S/C22H21NO2S/c1-3-25-22(24)19-15-18(14-16-10-6-4-7-11-16)21(26)23(2)20(19)17-12-8-5-9-13-17/h4-15,20H,3H2,1-2H3/b18-14+. The van der Waals surface area contributed by atoms with Crippen molar-refractivity contribution in [1.82, 2.24) is 4.90 Å². The van der Waals surface area contributed by atoms with Crippen LogP contribution >= 0.6 is 12.2 Å². The molecule has 0 aliphatic carbocycles. The molecule has 1 aliphatic rings. The van der Waals surface area contributed by atoms with E-state index in [0.717, 1.165) is 16.7 Å². The van der Waals surface area contributed by atoms with Crippen molar-refractivity contribution in [2.75, 3.05) is 13.7 Å². The maximum Gasteiger partial charge on any atom is 0.336 e. The van der Waals surface area contributed by atoms with Crippen LogP contribution < -0.4 is 0 Å². The van der Waals surface area contributed by atoms with Crippen LogP contribution in [0, 0.1) is 0 Å². The molecule has 132 valence electrons. The van der Waals surface area contributed by atoms with Gasteiger partial charge in [0.1, 0.15) is 4.99 Å². The fourth-order valence-electron chi connectivity index (χ4n) is 3.09. The Balaban J connectivity index is 2.10. The Morgan fingerprint density at radius 3 is 2.35 bits per heavy atom. The summed E-state index contributed by atoms with van der Waals surface area (Å²) in [6.45, 7) is 2.15. The van der Waals surface area contributed by atoms with E-state index in [4.69, 9.17) is 17.0 Å². The van der Waals surface area contributed by atoms with Gasteiger partial charge >= 0.3 is 5.97 Å². The largest absolute Gasteiger partial charge is 0.463 e. The number of esters is 1. The Morgan fingerprint density at radius 1 is 1.12 bits per heavy atom. The normalized spacial score (nSPS) is 18.6. The van der Waals surface area contributed by atoms with Crippen LogP contribution in [-0.4, -0.2) is 29.5 Å². The van der Waals surface area contributed by atoms with Crippen molar-refractivity contribution in [2.24, 2.45) is 0 Å². The fraction of sp³-hybridized carbons (Fsp3) is 0.182. The third-order valence-electron chi connectivity index (χ3n) is 4.31. The van der Waals surface area contributed by atoms with Crippen LogP contribution in [0.2, 0.25) is 0 Å². The van der Waals surface area contributed by atoms with Gasteiger partial charge in [-0.25, -0.2) is 4.79 Å². The van der Waals surface area contributed by atoms with Crippen molar-refractivity contribution in [3.63, 3.8) is 0 Å². The Hall–Kier alpha value is -2.72. The molecule has 0 saturated heterocycles. The van der Waals surface area contributed by atoms with Crippen LogP contribution in [0.5, 0.6) is 0 Å². The Labute approximate surface area is 159 Å². The van der Waals surface area contributed by atoms with Gasteiger partial charge < -0.3 is 9.64 Å². The molecule has 3 nitrogen and oxygen atoms in total. The number of rotatable bonds is 4. The first kappa shape index (κ1) is 18.1. The lowest BCUT2D eigenvalue weighted by molar-refractivity contribution is -0.139. The third-order valence-corrected chi connectivity index (χ3v) is 4.83. The van der Waals surface area contributed by atoms with Gasteiger partial charge in [-0.2, -0.15) is 0 Å². The van der Waals surface area contributed by atoms with E-state index < -0.39 is 0 Å². The number of carbonyl (C=O) groups excluding carboxylic acids is 1. The lowest BCUT2D eigenvalue weighted by Crippen LogP contribution is -2.37. The Morgan fingerprint density at radius 2 is 1.73 bits per heavy atom. The van der Waals surface area contributed by atoms with Gasteiger partial charge in [-0.1, -0.05) is 72.9 Å². The molecule has 2 aromatic rings. The molecular weight excluding hydrogens is 342 g/mol. The molecule has 4 heteroatoms. The smallest absolute Gasteiger partial charge is 0.336 e. The van der Waals surface area contributed by atoms with Gasteiger partial charge in [0.25, 0.3) is 0 Å². The average Bonchev–Trinajstić information content (AvgIpc) is 2.67. The minimum absolute atomic E-state index is 0.254. The predicted octanol–water partition coefficient (Wildman–Crippen LogP) is 4.57. The Kier molecular flexibility index (Phi) is 5.64. The van der Waals surface area contributed by atoms with Crippen molar-refractivity contribution in [2.45, 2.75) is 13.0 Å². The third kappa shape index (κ3) is 3.75. The van der Waals surface area contributed by atoms with Gasteiger partial charge in [0.15, 0.2) is 0 Å². The molecule has 0 spiro atoms. The summed E-state index contributed by atoms with van der Waals surface area (Å²) in [4.78, 5) is 15.3. The summed E-state index contributed by atoms with van der Waals surface area (Å²) in [5, 5.41) is 0. The summed E-state index contributed by atoms with van der Waals surface area (Å²) in [6, 6.07) is 19.6. The zero-order valence-electron chi connectivity index (χ0n) is 14.9. The number of ether oxygens (including phenoxy) is 1. The summed E-state index contributed by atoms with van der Waals surface area (Å²) in [5.74, 6) is -0.310. The van der Waals surface area contributed by atoms with Crippen molar-refractivity contribution in [3.05, 3.63) is 89.0 Å². The second kappa shape index (κ2) is 8.11. The molecule has 0 fully saturated rings. The summed E-state index contributed by atoms with van der Waals surface area (Å²) in [5.41, 5.74) is 3.48. The molecule has 2 aromatic carbocycles. The van der Waals surface area contributed by atoms with E-state index in [-0.39, 0.29) is 12.0 Å². The van der Waals surface area contributed by atoms with Gasteiger partial charge in [0.2, 0.25) is 0 Å². The van der Waals surface area contributed by atoms with Crippen LogP contribution in [-0.2, 0) is 9.53 Å². The zero-order chi connectivity index (χ0) is 18.5. The van der Waals surface area contributed by atoms with E-state index in [1.165, 1.54) is 0 Å². The van der Waals surface area contributed by atoms with E-state index in [1.807, 2.05) is 91.7 Å². The number of likely N-dealkylation sites (N-methyl/N-ethyl adjacent to an activating group) is 1. The summed E-state index contributed by atoms with van der Waals surface area (Å²) in [7, 11) is 1.92. The first-order valence-electron chi connectivity index (χ1n) is 8.59. The highest BCUT2D eigenvalue weighted by atomic mass is 32.1. The monoisotopic (exact) mass is 363 g/mol. The van der Waals surface area contributed by atoms with Crippen LogP contribution in [0.25, 0.3) is 6.08 Å². The van der Waals surface area contributed by atoms with Crippen LogP contribution in [0.1, 0.15) is 24.1 Å². The second-order valence-corrected chi connectivity index (χ2v) is 6.45. The van der Waals surface area contributed by atoms with E-state index in [1.54, 1.807) is 0 Å². The minimum atomic E-state index is -0.310. The molecule has 0 amide bonds. The van der Waals surface area contributed by atoms with Crippen LogP contribution in [0.3, 0.4) is 0 Å². The number of thiocarbonyl (C=S) groups is 1. The van der Waals surface area contributed by atoms with E-state index in [2.05, 4.69) is 0 Å². The summed E-state index contributed by atoms with van der Waals surface area (Å²) >= 11 is 5.69. The van der Waals surface area contributed by atoms with E-state index in [0.29, 0.717) is 17.2 Å². The van der Waals surface area contributed by atoms with E-state index >= 15 is 0 Å². The average molecular weight is 363 g/mol. The van der Waals surface area contributed by atoms with Gasteiger partial charge in [0, 0.05) is 12.6 Å². The van der Waals surface area contributed by atoms with Crippen LogP contribution in [0.4, 0.5) is 0 Å². The first-order chi connectivity index (χ1) is 12.6. The highest BCUT2D eigenvalue weighted by Gasteiger charge is 2.33. The Bertz CT molecular complexity index is 856. The topological polar surface area (TPSA) is 29.5 Å². The first-order valence-corrected chi connectivity index (χ1v) is 9.00. The van der Waals surface area contributed by atoms with Crippen molar-refractivity contribution in [1.29, 1.82) is 0 Å². The van der Waals surface area contributed by atoms with Gasteiger partial charge in [-0.15, -0.1) is 0 Å². The number of hydrogen-bond acceptors (Lipinski definition) is 3.